The fourth-order valence-electron chi connectivity index (χ4n) is 2.35. The second kappa shape index (κ2) is 8.03. The number of hydrazone groups is 1. The number of nitrogens with two attached hydrogens (primary N) is 1. The van der Waals surface area contributed by atoms with Crippen molar-refractivity contribution in [3.8, 4) is 5.82 Å². The minimum Gasteiger partial charge on any atom is -0.378 e. The molecule has 28 heavy (non-hydrogen) atoms. The normalized spacial score (nSPS) is 11.0. The number of carbonyl (C=O) groups is 1. The Labute approximate surface area is 157 Å². The molecular weight excluding hydrogens is 370 g/mol. The summed E-state index contributed by atoms with van der Waals surface area (Å²) in [5, 5.41) is 29.4. The van der Waals surface area contributed by atoms with Gasteiger partial charge < -0.3 is 5.73 Å². The van der Waals surface area contributed by atoms with E-state index in [2.05, 4.69) is 35.8 Å². The Morgan fingerprint density at radius 2 is 2.14 bits per heavy atom. The van der Waals surface area contributed by atoms with E-state index in [-0.39, 0.29) is 23.0 Å². The number of hydrogen-bond donors (Lipinski definition) is 2. The lowest BCUT2D eigenvalue weighted by atomic mass is 10.2. The van der Waals surface area contributed by atoms with Gasteiger partial charge in [0.1, 0.15) is 0 Å². The summed E-state index contributed by atoms with van der Waals surface area (Å²) in [5.74, 6) is -0.419. The number of rotatable bonds is 7. The maximum Gasteiger partial charge on any atom is 0.293 e. The number of nitrogens with one attached hydrogen (secondary N) is 1. The van der Waals surface area contributed by atoms with Crippen molar-refractivity contribution in [2.24, 2.45) is 5.10 Å². The maximum absolute atomic E-state index is 12.4. The van der Waals surface area contributed by atoms with Crippen molar-refractivity contribution in [3.63, 3.8) is 0 Å². The van der Waals surface area contributed by atoms with Crippen LogP contribution in [0.1, 0.15) is 35.1 Å². The van der Waals surface area contributed by atoms with Crippen LogP contribution in [0.15, 0.2) is 34.0 Å². The number of aromatic nitrogens is 5. The number of carbonyl (C=O) groups excluding carboxylic acids is 1. The van der Waals surface area contributed by atoms with Crippen molar-refractivity contribution in [2.45, 2.75) is 19.8 Å². The Morgan fingerprint density at radius 3 is 2.75 bits per heavy atom. The zero-order chi connectivity index (χ0) is 20.1. The highest BCUT2D eigenvalue weighted by Crippen LogP contribution is 2.17. The predicted molar refractivity (Wildman–Crippen MR) is 95.8 cm³/mol. The third-order valence-corrected chi connectivity index (χ3v) is 3.64. The first-order chi connectivity index (χ1) is 13.5. The first-order valence-electron chi connectivity index (χ1n) is 8.12. The number of nitrogens with zero attached hydrogens (tertiary/aromatic N) is 7. The number of amides is 1. The van der Waals surface area contributed by atoms with Crippen molar-refractivity contribution >= 4 is 23.6 Å². The first-order valence-corrected chi connectivity index (χ1v) is 8.12. The average Bonchev–Trinajstić information content (AvgIpc) is 3.28. The molecule has 0 atom stereocenters. The molecule has 13 nitrogen and oxygen atoms in total. The monoisotopic (exact) mass is 385 g/mol. The van der Waals surface area contributed by atoms with Gasteiger partial charge in [0.25, 0.3) is 11.6 Å². The molecule has 3 rings (SSSR count). The third kappa shape index (κ3) is 3.82. The van der Waals surface area contributed by atoms with Gasteiger partial charge >= 0.3 is 0 Å². The number of non-ortho nitro benzene ring substituents is 1. The van der Waals surface area contributed by atoms with Crippen molar-refractivity contribution in [1.29, 1.82) is 0 Å². The molecule has 0 bridgehead atoms. The summed E-state index contributed by atoms with van der Waals surface area (Å²) < 4.78 is 5.86. The summed E-state index contributed by atoms with van der Waals surface area (Å²) in [6.07, 6.45) is 2.55. The quantitative estimate of drug-likeness (QED) is 0.338. The molecule has 0 unspecified atom stereocenters. The van der Waals surface area contributed by atoms with E-state index in [4.69, 9.17) is 5.73 Å². The Balaban J connectivity index is 1.76. The molecule has 0 spiro atoms. The van der Waals surface area contributed by atoms with E-state index in [1.54, 1.807) is 0 Å². The number of benzene rings is 1. The molecule has 13 heteroatoms. The molecule has 144 valence electrons. The summed E-state index contributed by atoms with van der Waals surface area (Å²) in [5.41, 5.74) is 9.10. The largest absolute Gasteiger partial charge is 0.378 e. The zero-order valence-electron chi connectivity index (χ0n) is 14.6. The van der Waals surface area contributed by atoms with Gasteiger partial charge in [-0.05, 0) is 34.4 Å². The van der Waals surface area contributed by atoms with Crippen LogP contribution in [0.25, 0.3) is 5.82 Å². The topological polar surface area (TPSA) is 180 Å². The highest BCUT2D eigenvalue weighted by Gasteiger charge is 2.23. The third-order valence-electron chi connectivity index (χ3n) is 3.64. The number of anilines is 1. The van der Waals surface area contributed by atoms with Gasteiger partial charge in [-0.25, -0.2) is 10.1 Å². The molecule has 0 aliphatic carbocycles. The smallest absolute Gasteiger partial charge is 0.293 e. The Bertz CT molecular complexity index is 1020. The second-order valence-electron chi connectivity index (χ2n) is 5.57. The summed E-state index contributed by atoms with van der Waals surface area (Å²) >= 11 is 0. The zero-order valence-corrected chi connectivity index (χ0v) is 14.6. The fourth-order valence-corrected chi connectivity index (χ4v) is 2.35. The lowest BCUT2D eigenvalue weighted by Crippen LogP contribution is -2.20. The van der Waals surface area contributed by atoms with E-state index in [0.717, 1.165) is 0 Å². The van der Waals surface area contributed by atoms with Crippen LogP contribution in [0.4, 0.5) is 11.5 Å². The van der Waals surface area contributed by atoms with Crippen LogP contribution in [0, 0.1) is 10.1 Å². The molecule has 3 aromatic rings. The molecule has 1 aromatic carbocycles. The summed E-state index contributed by atoms with van der Waals surface area (Å²) in [6, 6.07) is 5.69. The summed E-state index contributed by atoms with van der Waals surface area (Å²) in [6.45, 7) is 1.93. The average molecular weight is 385 g/mol. The van der Waals surface area contributed by atoms with Gasteiger partial charge in [-0.15, -0.1) is 5.10 Å². The van der Waals surface area contributed by atoms with Crippen molar-refractivity contribution in [1.82, 2.24) is 30.7 Å². The van der Waals surface area contributed by atoms with Crippen molar-refractivity contribution in [3.05, 3.63) is 51.3 Å². The standard InChI is InChI=1S/C15H15N9O4/c1-2-3-11-12(18-22-23(11)14-13(16)20-28-21-14)15(25)19-17-8-9-4-6-10(7-5-9)24(26)27/h4-8H,2-3H2,1H3,(H2,16,20)(H,19,25)/b17-8-. The number of nitro benzene ring substituents is 1. The predicted octanol–water partition coefficient (Wildman–Crippen LogP) is 0.857. The number of hydrogen-bond acceptors (Lipinski definition) is 10. The van der Waals surface area contributed by atoms with Crippen molar-refractivity contribution < 1.29 is 14.3 Å². The van der Waals surface area contributed by atoms with Gasteiger partial charge in [-0.3, -0.25) is 14.9 Å². The number of nitrogen functional groups attached to an aromatic ring is 1. The molecule has 3 N–H and O–H groups in total. The molecule has 2 aromatic heterocycles. The van der Waals surface area contributed by atoms with Crippen LogP contribution in [-0.2, 0) is 6.42 Å². The number of nitro groups is 1. The highest BCUT2D eigenvalue weighted by atomic mass is 16.6. The second-order valence-corrected chi connectivity index (χ2v) is 5.57. The van der Waals surface area contributed by atoms with Gasteiger partial charge in [0.15, 0.2) is 5.69 Å². The molecule has 0 radical (unpaired) electrons. The summed E-state index contributed by atoms with van der Waals surface area (Å²) in [4.78, 5) is 22.6. The van der Waals surface area contributed by atoms with E-state index >= 15 is 0 Å². The molecule has 0 fully saturated rings. The van der Waals surface area contributed by atoms with Crippen LogP contribution in [0.5, 0.6) is 0 Å². The fraction of sp³-hybridized carbons (Fsp3) is 0.200. The van der Waals surface area contributed by atoms with Crippen molar-refractivity contribution in [2.75, 3.05) is 5.73 Å². The maximum atomic E-state index is 12.4. The molecule has 1 amide bonds. The van der Waals surface area contributed by atoms with E-state index in [1.807, 2.05) is 6.92 Å². The van der Waals surface area contributed by atoms with Gasteiger partial charge in [0.05, 0.1) is 16.8 Å². The lowest BCUT2D eigenvalue weighted by molar-refractivity contribution is -0.384. The molecule has 0 aliphatic heterocycles. The van der Waals surface area contributed by atoms with E-state index in [9.17, 15) is 14.9 Å². The van der Waals surface area contributed by atoms with Gasteiger partial charge in [0, 0.05) is 12.1 Å². The first kappa shape index (κ1) is 18.6. The van der Waals surface area contributed by atoms with Crippen LogP contribution in [-0.4, -0.2) is 42.4 Å². The van der Waals surface area contributed by atoms with E-state index in [0.29, 0.717) is 24.1 Å². The minimum atomic E-state index is -0.581. The van der Waals surface area contributed by atoms with Crippen LogP contribution < -0.4 is 11.2 Å². The van der Waals surface area contributed by atoms with Crippen LogP contribution >= 0.6 is 0 Å². The van der Waals surface area contributed by atoms with E-state index in [1.165, 1.54) is 35.2 Å². The highest BCUT2D eigenvalue weighted by molar-refractivity contribution is 5.94. The Kier molecular flexibility index (Phi) is 5.34. The Morgan fingerprint density at radius 1 is 1.39 bits per heavy atom. The van der Waals surface area contributed by atoms with Gasteiger partial charge in [-0.1, -0.05) is 18.6 Å². The van der Waals surface area contributed by atoms with Gasteiger partial charge in [0.2, 0.25) is 11.6 Å². The molecule has 2 heterocycles. The van der Waals surface area contributed by atoms with E-state index < -0.39 is 10.8 Å². The SMILES string of the molecule is CCCc1c(C(=O)N/N=C\c2ccc([N+](=O)[O-])cc2)nnn1-c1nonc1N. The molecule has 0 aliphatic rings. The molecule has 0 saturated carbocycles. The summed E-state index contributed by atoms with van der Waals surface area (Å²) in [7, 11) is 0. The molecule has 0 saturated heterocycles. The van der Waals surface area contributed by atoms with Crippen LogP contribution in [0.2, 0.25) is 0 Å². The lowest BCUT2D eigenvalue weighted by Gasteiger charge is -2.03. The van der Waals surface area contributed by atoms with Gasteiger partial charge in [-0.2, -0.15) is 9.78 Å². The molecular formula is C15H15N9O4. The Hall–Kier alpha value is -4.16. The van der Waals surface area contributed by atoms with Crippen LogP contribution in [0.3, 0.4) is 0 Å². The minimum absolute atomic E-state index is 0.0189.